The van der Waals surface area contributed by atoms with Gasteiger partial charge in [0.15, 0.2) is 31.1 Å². The van der Waals surface area contributed by atoms with E-state index in [0.29, 0.717) is 51.4 Å². The molecule has 26 heteroatoms. The molecular formula is C59H92O26. The molecule has 9 aliphatic heterocycles. The van der Waals surface area contributed by atoms with E-state index in [-0.39, 0.29) is 29.6 Å². The highest BCUT2D eigenvalue weighted by atomic mass is 16.8. The maximum Gasteiger partial charge on any atom is 0.315 e. The Morgan fingerprint density at radius 3 is 1.89 bits per heavy atom. The molecule has 5 aliphatic carbocycles. The summed E-state index contributed by atoms with van der Waals surface area (Å²) in [6.07, 6.45) is -31.2. The van der Waals surface area contributed by atoms with Gasteiger partial charge in [-0.3, -0.25) is 14.4 Å². The van der Waals surface area contributed by atoms with Gasteiger partial charge in [0.05, 0.1) is 62.0 Å². The molecule has 484 valence electrons. The van der Waals surface area contributed by atoms with E-state index in [2.05, 4.69) is 40.7 Å². The second-order valence-electron chi connectivity index (χ2n) is 28.6. The molecule has 14 aliphatic rings. The van der Waals surface area contributed by atoms with Gasteiger partial charge in [0.1, 0.15) is 79.9 Å². The topological polar surface area (TPSA) is 407 Å². The van der Waals surface area contributed by atoms with Gasteiger partial charge >= 0.3 is 17.9 Å². The van der Waals surface area contributed by atoms with Crippen LogP contribution >= 0.6 is 0 Å². The van der Waals surface area contributed by atoms with Crippen LogP contribution in [-0.2, 0) is 61.8 Å². The number of carbonyl (C=O) groups is 3. The molecule has 0 amide bonds. The Kier molecular flexibility index (Phi) is 18.1. The Morgan fingerprint density at radius 1 is 0.576 bits per heavy atom. The SMILES string of the molecule is C[C@@H]1O[C@H]2O[C@H]3[C@@H](OC[C@H](O)[C@@H]3O)OC(=O)[C@]34CCC(C)(C)C[C@H]3C3=CC[C@@H]5[C@@]6(C)C[C@H](O)[C@H](O[C@@H]7O[C@H](CO)[C@@H](O)[C@H](O)[C@H]7O[C@@H]7O[C@H](COC(=O)CC(C)(O)CC(=O)O[C@@H]1[C@@H](O)[C@H]2O)[C@@H](O)[C@H](O)[C@H]7O)[C@@](C)(CO)[C@@H]6CC[C@@]5(C)[C@]3(C)CC4. The van der Waals surface area contributed by atoms with Crippen molar-refractivity contribution in [1.29, 1.82) is 0 Å². The van der Waals surface area contributed by atoms with Crippen LogP contribution < -0.4 is 0 Å². The van der Waals surface area contributed by atoms with Gasteiger partial charge in [-0.2, -0.15) is 0 Å². The summed E-state index contributed by atoms with van der Waals surface area (Å²) >= 11 is 0. The van der Waals surface area contributed by atoms with Crippen LogP contribution in [0, 0.1) is 50.2 Å². The monoisotopic (exact) mass is 1220 g/mol. The van der Waals surface area contributed by atoms with Crippen LogP contribution in [0.5, 0.6) is 0 Å². The normalized spacial score (nSPS) is 54.4. The molecule has 4 saturated carbocycles. The predicted octanol–water partition coefficient (Wildman–Crippen LogP) is -1.78. The molecule has 0 aromatic carbocycles. The van der Waals surface area contributed by atoms with Crippen molar-refractivity contribution in [1.82, 2.24) is 0 Å². The number of ether oxygens (including phenoxy) is 10. The zero-order valence-electron chi connectivity index (χ0n) is 49.7. The van der Waals surface area contributed by atoms with Crippen molar-refractivity contribution in [2.24, 2.45) is 50.2 Å². The van der Waals surface area contributed by atoms with Crippen LogP contribution in [0.15, 0.2) is 11.6 Å². The van der Waals surface area contributed by atoms with Crippen molar-refractivity contribution >= 4 is 17.9 Å². The first-order valence-electron chi connectivity index (χ1n) is 30.3. The molecule has 0 radical (unpaired) electrons. The number of hydrogen-bond acceptors (Lipinski definition) is 26. The third-order valence-corrected chi connectivity index (χ3v) is 22.6. The first-order chi connectivity index (χ1) is 39.7. The molecule has 0 aromatic rings. The highest BCUT2D eigenvalue weighted by molar-refractivity contribution is 5.79. The molecule has 14 rings (SSSR count). The summed E-state index contributed by atoms with van der Waals surface area (Å²) in [5, 5.41) is 147. The Bertz CT molecular complexity index is 2480. The second kappa shape index (κ2) is 23.5. The standard InChI is InChI=1S/C59H92O26/c1-25-44-41(71)43(73)48(78-25)82-45-36(66)29(63)22-77-50(45)85-52(74)59-15-13-53(2,3)17-27(59)26-9-10-33-55(5)18-28(62)47(56(6,24-61)32(55)11-12-58(33,8)57(26,7)14-16-59)84-51-46(40(70)37(67)30(21-60)79-51)83-49-42(72)39(69)38(68)31(80-49)23-76-34(64)19-54(4,75)20-35(65)81-44/h9,25,27-33,36-51,60-63,66-73,75H,10-24H2,1-8H3/t25-,27-,28-,29-,30+,31+,32+,33+,36-,37+,38+,39-,40-,41-,42+,43+,44-,45+,46+,47-,48-,49-,50-,51-,54?,55-,56-,57+,58+,59-/m0/s1. The van der Waals surface area contributed by atoms with Crippen LogP contribution in [0.3, 0.4) is 0 Å². The number of esters is 3. The van der Waals surface area contributed by atoms with E-state index in [0.717, 1.165) is 12.5 Å². The minimum Gasteiger partial charge on any atom is -0.463 e. The average Bonchev–Trinajstić information content (AvgIpc) is 0.707. The van der Waals surface area contributed by atoms with Gasteiger partial charge in [-0.15, -0.1) is 0 Å². The van der Waals surface area contributed by atoms with E-state index < -0.39 is 219 Å². The molecule has 9 heterocycles. The summed E-state index contributed by atoms with van der Waals surface area (Å²) < 4.78 is 59.8. The Morgan fingerprint density at radius 2 is 1.21 bits per heavy atom. The summed E-state index contributed by atoms with van der Waals surface area (Å²) in [6, 6.07) is 0. The molecule has 1 unspecified atom stereocenters. The summed E-state index contributed by atoms with van der Waals surface area (Å²) in [7, 11) is 0. The van der Waals surface area contributed by atoms with E-state index in [1.54, 1.807) is 0 Å². The fraction of sp³-hybridized carbons (Fsp3) is 0.915. The van der Waals surface area contributed by atoms with Crippen LogP contribution in [0.4, 0.5) is 0 Å². The second-order valence-corrected chi connectivity index (χ2v) is 28.6. The van der Waals surface area contributed by atoms with Gasteiger partial charge in [-0.05, 0) is 111 Å². The summed E-state index contributed by atoms with van der Waals surface area (Å²) in [5.41, 5.74) is -5.24. The Balaban J connectivity index is 1.00. The van der Waals surface area contributed by atoms with Gasteiger partial charge in [-0.1, -0.05) is 53.2 Å². The van der Waals surface area contributed by atoms with Gasteiger partial charge < -0.3 is 114 Å². The first-order valence-corrected chi connectivity index (χ1v) is 30.3. The van der Waals surface area contributed by atoms with E-state index in [4.69, 9.17) is 47.4 Å². The number of hydrogen-bond donors (Lipinski definition) is 13. The first kappa shape index (κ1) is 65.3. The highest BCUT2D eigenvalue weighted by Crippen LogP contribution is 2.76. The number of aliphatic hydroxyl groups excluding tert-OH is 12. The minimum absolute atomic E-state index is 0.0971. The number of carbonyl (C=O) groups excluding carboxylic acids is 3. The predicted molar refractivity (Wildman–Crippen MR) is 286 cm³/mol. The van der Waals surface area contributed by atoms with Crippen LogP contribution in [0.2, 0.25) is 0 Å². The molecule has 30 atom stereocenters. The van der Waals surface area contributed by atoms with Crippen molar-refractivity contribution in [3.8, 4) is 0 Å². The molecule has 85 heavy (non-hydrogen) atoms. The highest BCUT2D eigenvalue weighted by Gasteiger charge is 2.72. The van der Waals surface area contributed by atoms with E-state index in [1.165, 1.54) is 6.92 Å². The van der Waals surface area contributed by atoms with Gasteiger partial charge in [-0.25, -0.2) is 0 Å². The summed E-state index contributed by atoms with van der Waals surface area (Å²) in [5.74, 6) is -3.69. The molecule has 1 spiro atoms. The Labute approximate surface area is 493 Å². The number of aliphatic hydroxyl groups is 13. The van der Waals surface area contributed by atoms with E-state index in [1.807, 2.05) is 6.92 Å². The van der Waals surface area contributed by atoms with Crippen molar-refractivity contribution in [3.05, 3.63) is 11.6 Å². The van der Waals surface area contributed by atoms with Gasteiger partial charge in [0, 0.05) is 5.41 Å². The zero-order chi connectivity index (χ0) is 62.1. The lowest BCUT2D eigenvalue weighted by Gasteiger charge is -2.72. The maximum absolute atomic E-state index is 15.4. The molecular weight excluding hydrogens is 1120 g/mol. The smallest absolute Gasteiger partial charge is 0.315 e. The Hall–Kier alpha value is -2.65. The lowest BCUT2D eigenvalue weighted by atomic mass is 9.33. The van der Waals surface area contributed by atoms with Crippen molar-refractivity contribution < 1.29 is 128 Å². The molecule has 13 N–H and O–H groups in total. The van der Waals surface area contributed by atoms with Crippen molar-refractivity contribution in [2.75, 3.05) is 26.4 Å². The van der Waals surface area contributed by atoms with Crippen LogP contribution in [0.1, 0.15) is 126 Å². The lowest BCUT2D eigenvalue weighted by molar-refractivity contribution is -0.384. The summed E-state index contributed by atoms with van der Waals surface area (Å²) in [4.78, 5) is 42.0. The quantitative estimate of drug-likeness (QED) is 0.0629. The largest absolute Gasteiger partial charge is 0.463 e. The van der Waals surface area contributed by atoms with Crippen molar-refractivity contribution in [3.63, 3.8) is 0 Å². The number of allylic oxidation sites excluding steroid dienone is 2. The van der Waals surface area contributed by atoms with E-state index in [9.17, 15) is 76.0 Å². The zero-order valence-corrected chi connectivity index (χ0v) is 49.7. The fourth-order valence-electron chi connectivity index (χ4n) is 17.5. The fourth-order valence-corrected chi connectivity index (χ4v) is 17.5. The molecule has 10 fully saturated rings. The average molecular weight is 1220 g/mol. The van der Waals surface area contributed by atoms with Gasteiger partial charge in [0.2, 0.25) is 6.29 Å². The third kappa shape index (κ3) is 11.1. The maximum atomic E-state index is 15.4. The van der Waals surface area contributed by atoms with Gasteiger partial charge in [0.25, 0.3) is 0 Å². The molecule has 0 aromatic heterocycles. The minimum atomic E-state index is -2.20. The van der Waals surface area contributed by atoms with Crippen molar-refractivity contribution in [2.45, 2.75) is 261 Å². The van der Waals surface area contributed by atoms with Crippen LogP contribution in [0.25, 0.3) is 0 Å². The molecule has 12 bridgehead atoms. The lowest BCUT2D eigenvalue weighted by Crippen LogP contribution is -2.70. The third-order valence-electron chi connectivity index (χ3n) is 22.6. The molecule has 6 saturated heterocycles. The van der Waals surface area contributed by atoms with Crippen LogP contribution in [-0.4, -0.2) is 245 Å². The summed E-state index contributed by atoms with van der Waals surface area (Å²) in [6.45, 7) is 12.7. The number of rotatable bonds is 2. The molecule has 26 nitrogen and oxygen atoms in total. The van der Waals surface area contributed by atoms with E-state index >= 15 is 4.79 Å².